The fourth-order valence-electron chi connectivity index (χ4n) is 5.11. The van der Waals surface area contributed by atoms with Crippen molar-refractivity contribution in [2.75, 3.05) is 34.5 Å². The summed E-state index contributed by atoms with van der Waals surface area (Å²) in [4.78, 5) is 14.0. The summed E-state index contributed by atoms with van der Waals surface area (Å²) in [6.45, 7) is -1.13. The topological polar surface area (TPSA) is 216 Å². The zero-order valence-electron chi connectivity index (χ0n) is 23.9. The molecule has 2 fully saturated rings. The summed E-state index contributed by atoms with van der Waals surface area (Å²) in [5.41, 5.74) is 0.0767. The van der Waals surface area contributed by atoms with Gasteiger partial charge in [-0.15, -0.1) is 0 Å². The lowest BCUT2D eigenvalue weighted by molar-refractivity contribution is -0.344. The first-order valence-electron chi connectivity index (χ1n) is 13.6. The third kappa shape index (κ3) is 5.81. The molecular weight excluding hydrogens is 588 g/mol. The Hall–Kier alpha value is -3.51. The second kappa shape index (κ2) is 13.2. The van der Waals surface area contributed by atoms with Gasteiger partial charge in [0, 0.05) is 6.07 Å². The highest BCUT2D eigenvalue weighted by molar-refractivity contribution is 5.93. The van der Waals surface area contributed by atoms with E-state index in [4.69, 9.17) is 37.6 Å². The second-order valence-electron chi connectivity index (χ2n) is 10.2. The maximum atomic E-state index is 14.0. The van der Waals surface area contributed by atoms with Crippen LogP contribution in [-0.4, -0.2) is 120 Å². The Kier molecular flexibility index (Phi) is 9.59. The van der Waals surface area contributed by atoms with Crippen molar-refractivity contribution in [2.24, 2.45) is 0 Å². The number of hydrogen-bond donors (Lipinski definition) is 6. The van der Waals surface area contributed by atoms with Crippen molar-refractivity contribution in [3.63, 3.8) is 0 Å². The van der Waals surface area contributed by atoms with Crippen molar-refractivity contribution in [2.45, 2.75) is 55.3 Å². The molecule has 2 aliphatic rings. The molecule has 15 nitrogen and oxygen atoms in total. The van der Waals surface area contributed by atoms with E-state index in [1.54, 1.807) is 24.3 Å². The SMILES string of the molecule is COc1ccc(-c2coc3c(OC)c(OC)cc(O[C@@H]4O[C@@H](CO)[C@@H](O)[C@@H](O)[C@@H]4O[C@@H]4OC[C@@H](O)[C@@H](O)[C@H]4O)c3c2=O)cc1. The van der Waals surface area contributed by atoms with Gasteiger partial charge in [-0.25, -0.2) is 0 Å². The minimum absolute atomic E-state index is 0.0418. The fraction of sp³-hybridized carbons (Fsp3) is 0.483. The van der Waals surface area contributed by atoms with Crippen molar-refractivity contribution in [3.05, 3.63) is 46.8 Å². The second-order valence-corrected chi connectivity index (χ2v) is 10.2. The van der Waals surface area contributed by atoms with Crippen LogP contribution in [-0.2, 0) is 14.2 Å². The maximum absolute atomic E-state index is 14.0. The van der Waals surface area contributed by atoms with Gasteiger partial charge < -0.3 is 68.2 Å². The van der Waals surface area contributed by atoms with Crippen LogP contribution in [0, 0.1) is 0 Å². The summed E-state index contributed by atoms with van der Waals surface area (Å²) in [5, 5.41) is 61.6. The van der Waals surface area contributed by atoms with Crippen LogP contribution in [0.2, 0.25) is 0 Å². The number of ether oxygens (including phenoxy) is 7. The molecule has 9 atom stereocenters. The van der Waals surface area contributed by atoms with Gasteiger partial charge in [0.2, 0.25) is 17.5 Å². The molecule has 0 amide bonds. The van der Waals surface area contributed by atoms with Crippen LogP contribution >= 0.6 is 0 Å². The van der Waals surface area contributed by atoms with E-state index in [9.17, 15) is 35.4 Å². The first kappa shape index (κ1) is 31.9. The summed E-state index contributed by atoms with van der Waals surface area (Å²) >= 11 is 0. The van der Waals surface area contributed by atoms with Gasteiger partial charge in [0.15, 0.2) is 23.7 Å². The van der Waals surface area contributed by atoms with Gasteiger partial charge >= 0.3 is 0 Å². The molecule has 0 bridgehead atoms. The molecule has 2 aromatic carbocycles. The van der Waals surface area contributed by atoms with E-state index in [2.05, 4.69) is 0 Å². The molecule has 2 saturated heterocycles. The minimum Gasteiger partial charge on any atom is -0.497 e. The predicted molar refractivity (Wildman–Crippen MR) is 149 cm³/mol. The Morgan fingerprint density at radius 3 is 2.23 bits per heavy atom. The standard InChI is InChI=1S/C29H34O15/c1-37-13-6-4-12(5-7-13)14-10-40-26-19(20(14)32)16(8-17(38-2)25(26)39-3)42-29-27(23(35)22(34)18(9-30)43-29)44-28-24(36)21(33)15(31)11-41-28/h4-8,10,15,18,21-24,27-31,33-36H,9,11H2,1-3H3/t15-,18+,21-,22-,23-,24-,27+,28+,29-/m1/s1. The highest BCUT2D eigenvalue weighted by atomic mass is 16.8. The van der Waals surface area contributed by atoms with Crippen molar-refractivity contribution in [1.82, 2.24) is 0 Å². The predicted octanol–water partition coefficient (Wildman–Crippen LogP) is -0.872. The highest BCUT2D eigenvalue weighted by Crippen LogP contribution is 2.42. The average Bonchev–Trinajstić information content (AvgIpc) is 3.04. The maximum Gasteiger partial charge on any atom is 0.229 e. The summed E-state index contributed by atoms with van der Waals surface area (Å²) < 4.78 is 44.9. The van der Waals surface area contributed by atoms with E-state index >= 15 is 0 Å². The van der Waals surface area contributed by atoms with Gasteiger partial charge in [0.1, 0.15) is 59.8 Å². The first-order valence-corrected chi connectivity index (χ1v) is 13.6. The minimum atomic E-state index is -1.77. The Balaban J connectivity index is 1.60. The molecule has 0 spiro atoms. The Morgan fingerprint density at radius 1 is 0.864 bits per heavy atom. The number of aliphatic hydroxyl groups is 6. The summed E-state index contributed by atoms with van der Waals surface area (Å²) in [6.07, 6.45) is -13.2. The quantitative estimate of drug-likeness (QED) is 0.171. The van der Waals surface area contributed by atoms with Gasteiger partial charge in [0.25, 0.3) is 0 Å². The van der Waals surface area contributed by atoms with Crippen LogP contribution < -0.4 is 24.4 Å². The normalized spacial score (nSPS) is 30.6. The van der Waals surface area contributed by atoms with Crippen molar-refractivity contribution in [1.29, 1.82) is 0 Å². The molecule has 3 heterocycles. The van der Waals surface area contributed by atoms with Gasteiger partial charge in [0.05, 0.1) is 40.1 Å². The van der Waals surface area contributed by atoms with Crippen LogP contribution in [0.5, 0.6) is 23.0 Å². The number of rotatable bonds is 9. The van der Waals surface area contributed by atoms with E-state index < -0.39 is 74.0 Å². The van der Waals surface area contributed by atoms with Gasteiger partial charge in [-0.3, -0.25) is 4.79 Å². The van der Waals surface area contributed by atoms with Crippen molar-refractivity contribution >= 4 is 11.0 Å². The Bertz CT molecular complexity index is 1490. The van der Waals surface area contributed by atoms with Crippen LogP contribution in [0.1, 0.15) is 0 Å². The number of benzene rings is 2. The molecule has 0 radical (unpaired) electrons. The lowest BCUT2D eigenvalue weighted by Gasteiger charge is -2.44. The number of methoxy groups -OCH3 is 3. The van der Waals surface area contributed by atoms with Gasteiger partial charge in [-0.2, -0.15) is 0 Å². The third-order valence-electron chi connectivity index (χ3n) is 7.57. The first-order chi connectivity index (χ1) is 21.1. The number of aliphatic hydroxyl groups excluding tert-OH is 6. The fourth-order valence-corrected chi connectivity index (χ4v) is 5.11. The van der Waals surface area contributed by atoms with Gasteiger partial charge in [-0.1, -0.05) is 12.1 Å². The van der Waals surface area contributed by atoms with Crippen molar-refractivity contribution < 1.29 is 68.2 Å². The lowest BCUT2D eigenvalue weighted by atomic mass is 9.98. The number of fused-ring (bicyclic) bond motifs is 1. The molecule has 0 saturated carbocycles. The Morgan fingerprint density at radius 2 is 1.59 bits per heavy atom. The highest BCUT2D eigenvalue weighted by Gasteiger charge is 2.50. The van der Waals surface area contributed by atoms with Crippen LogP contribution in [0.3, 0.4) is 0 Å². The van der Waals surface area contributed by atoms with Crippen LogP contribution in [0.15, 0.2) is 45.8 Å². The van der Waals surface area contributed by atoms with E-state index in [-0.39, 0.29) is 33.8 Å². The largest absolute Gasteiger partial charge is 0.497 e. The Labute approximate surface area is 250 Å². The molecule has 0 aliphatic carbocycles. The molecular formula is C29H34O15. The van der Waals surface area contributed by atoms with Crippen LogP contribution in [0.4, 0.5) is 0 Å². The smallest absolute Gasteiger partial charge is 0.229 e. The molecule has 2 aliphatic heterocycles. The average molecular weight is 623 g/mol. The summed E-state index contributed by atoms with van der Waals surface area (Å²) in [5.74, 6) is 0.593. The molecule has 240 valence electrons. The van der Waals surface area contributed by atoms with Crippen LogP contribution in [0.25, 0.3) is 22.1 Å². The monoisotopic (exact) mass is 622 g/mol. The van der Waals surface area contributed by atoms with E-state index in [1.165, 1.54) is 33.7 Å². The molecule has 6 N–H and O–H groups in total. The lowest BCUT2D eigenvalue weighted by Crippen LogP contribution is -2.63. The van der Waals surface area contributed by atoms with Gasteiger partial charge in [-0.05, 0) is 17.7 Å². The zero-order valence-corrected chi connectivity index (χ0v) is 23.9. The van der Waals surface area contributed by atoms with E-state index in [1.807, 2.05) is 0 Å². The molecule has 3 aromatic rings. The molecule has 1 aromatic heterocycles. The van der Waals surface area contributed by atoms with Crippen molar-refractivity contribution in [3.8, 4) is 34.1 Å². The zero-order chi connectivity index (χ0) is 31.7. The van der Waals surface area contributed by atoms with E-state index in [0.29, 0.717) is 11.3 Å². The molecule has 0 unspecified atom stereocenters. The number of hydrogen-bond acceptors (Lipinski definition) is 15. The van der Waals surface area contributed by atoms with E-state index in [0.717, 1.165) is 0 Å². The third-order valence-corrected chi connectivity index (χ3v) is 7.57. The summed E-state index contributed by atoms with van der Waals surface area (Å²) in [7, 11) is 4.22. The molecule has 44 heavy (non-hydrogen) atoms. The molecule has 15 heteroatoms. The molecule has 5 rings (SSSR count). The summed E-state index contributed by atoms with van der Waals surface area (Å²) in [6, 6.07) is 7.99.